The van der Waals surface area contributed by atoms with Gasteiger partial charge >= 0.3 is 11.9 Å². The number of hydrogen-bond acceptors (Lipinski definition) is 5. The third kappa shape index (κ3) is 6.00. The quantitative estimate of drug-likeness (QED) is 0.575. The van der Waals surface area contributed by atoms with Gasteiger partial charge in [-0.1, -0.05) is 30.3 Å². The highest BCUT2D eigenvalue weighted by Crippen LogP contribution is 2.00. The number of ether oxygens (including phenoxy) is 2. The Labute approximate surface area is 106 Å². The molecule has 1 aromatic carbocycles. The lowest BCUT2D eigenvalue weighted by atomic mass is 10.2. The molecule has 0 bridgehead atoms. The fourth-order valence-corrected chi connectivity index (χ4v) is 1.27. The lowest BCUT2D eigenvalue weighted by Crippen LogP contribution is -2.27. The summed E-state index contributed by atoms with van der Waals surface area (Å²) in [6, 6.07) is 9.45. The molecule has 1 N–H and O–H groups in total. The molecule has 0 amide bonds. The first-order valence-electron chi connectivity index (χ1n) is 5.69. The van der Waals surface area contributed by atoms with Crippen LogP contribution in [-0.4, -0.2) is 32.1 Å². The van der Waals surface area contributed by atoms with E-state index in [1.807, 2.05) is 30.3 Å². The Bertz CT molecular complexity index is 378. The van der Waals surface area contributed by atoms with Crippen LogP contribution in [0.3, 0.4) is 0 Å². The predicted octanol–water partition coefficient (Wildman–Crippen LogP) is 0.882. The van der Waals surface area contributed by atoms with Crippen molar-refractivity contribution in [3.8, 4) is 0 Å². The van der Waals surface area contributed by atoms with Gasteiger partial charge in [-0.2, -0.15) is 0 Å². The number of nitrogens with one attached hydrogen (secondary N) is 1. The molecule has 98 valence electrons. The second kappa shape index (κ2) is 8.25. The second-order valence-electron chi connectivity index (χ2n) is 3.65. The number of carbonyl (C=O) groups is 2. The Balaban J connectivity index is 2.09. The van der Waals surface area contributed by atoms with E-state index >= 15 is 0 Å². The van der Waals surface area contributed by atoms with Crippen LogP contribution in [0.1, 0.15) is 12.0 Å². The monoisotopic (exact) mass is 251 g/mol. The zero-order valence-electron chi connectivity index (χ0n) is 10.3. The molecule has 18 heavy (non-hydrogen) atoms. The van der Waals surface area contributed by atoms with Crippen molar-refractivity contribution in [2.75, 3.05) is 20.2 Å². The van der Waals surface area contributed by atoms with Gasteiger partial charge in [0.1, 0.15) is 6.61 Å². The molecule has 5 nitrogen and oxygen atoms in total. The topological polar surface area (TPSA) is 64.6 Å². The van der Waals surface area contributed by atoms with Crippen LogP contribution in [0.15, 0.2) is 30.3 Å². The predicted molar refractivity (Wildman–Crippen MR) is 65.7 cm³/mol. The van der Waals surface area contributed by atoms with Crippen LogP contribution < -0.4 is 5.32 Å². The number of esters is 2. The molecule has 0 aliphatic rings. The minimum absolute atomic E-state index is 0.0871. The minimum Gasteiger partial charge on any atom is -0.469 e. The zero-order valence-corrected chi connectivity index (χ0v) is 10.3. The summed E-state index contributed by atoms with van der Waals surface area (Å²) in [6.45, 7) is 0.745. The molecular weight excluding hydrogens is 234 g/mol. The van der Waals surface area contributed by atoms with Gasteiger partial charge in [-0.05, 0) is 5.56 Å². The summed E-state index contributed by atoms with van der Waals surface area (Å²) >= 11 is 0. The van der Waals surface area contributed by atoms with E-state index in [1.165, 1.54) is 7.11 Å². The maximum atomic E-state index is 11.3. The third-order valence-electron chi connectivity index (χ3n) is 2.25. The molecule has 0 aliphatic carbocycles. The van der Waals surface area contributed by atoms with Crippen molar-refractivity contribution in [3.63, 3.8) is 0 Å². The first-order valence-corrected chi connectivity index (χ1v) is 5.69. The molecule has 0 atom stereocenters. The lowest BCUT2D eigenvalue weighted by molar-refractivity contribution is -0.144. The van der Waals surface area contributed by atoms with Crippen molar-refractivity contribution >= 4 is 11.9 Å². The highest BCUT2D eigenvalue weighted by atomic mass is 16.5. The minimum atomic E-state index is -0.344. The van der Waals surface area contributed by atoms with Crippen LogP contribution in [0.5, 0.6) is 0 Å². The van der Waals surface area contributed by atoms with Gasteiger partial charge < -0.3 is 14.8 Å². The van der Waals surface area contributed by atoms with E-state index in [1.54, 1.807) is 0 Å². The van der Waals surface area contributed by atoms with Gasteiger partial charge in [-0.25, -0.2) is 0 Å². The van der Waals surface area contributed by atoms with Gasteiger partial charge in [-0.3, -0.25) is 9.59 Å². The van der Waals surface area contributed by atoms with Crippen molar-refractivity contribution in [2.45, 2.75) is 13.0 Å². The summed E-state index contributed by atoms with van der Waals surface area (Å²) in [5.74, 6) is -0.649. The Morgan fingerprint density at radius 2 is 1.89 bits per heavy atom. The highest BCUT2D eigenvalue weighted by Gasteiger charge is 2.04. The number of methoxy groups -OCH3 is 1. The largest absolute Gasteiger partial charge is 0.469 e. The van der Waals surface area contributed by atoms with Crippen LogP contribution in [0.25, 0.3) is 0 Å². The second-order valence-corrected chi connectivity index (χ2v) is 3.65. The number of benzene rings is 1. The molecule has 0 aliphatic heterocycles. The van der Waals surface area contributed by atoms with Crippen molar-refractivity contribution in [1.29, 1.82) is 0 Å². The van der Waals surface area contributed by atoms with E-state index in [2.05, 4.69) is 10.1 Å². The van der Waals surface area contributed by atoms with Gasteiger partial charge in [0.2, 0.25) is 0 Å². The van der Waals surface area contributed by atoms with Crippen LogP contribution >= 0.6 is 0 Å². The molecule has 0 fully saturated rings. The summed E-state index contributed by atoms with van der Waals surface area (Å²) in [4.78, 5) is 22.1. The molecule has 0 radical (unpaired) electrons. The van der Waals surface area contributed by atoms with Crippen LogP contribution in [0, 0.1) is 0 Å². The molecule has 1 rings (SSSR count). The Kier molecular flexibility index (Phi) is 6.50. The van der Waals surface area contributed by atoms with Gasteiger partial charge in [0, 0.05) is 6.54 Å². The molecule has 0 aromatic heterocycles. The van der Waals surface area contributed by atoms with Gasteiger partial charge in [0.25, 0.3) is 0 Å². The molecule has 1 aromatic rings. The Morgan fingerprint density at radius 1 is 1.17 bits per heavy atom. The van der Waals surface area contributed by atoms with Crippen LogP contribution in [0.2, 0.25) is 0 Å². The first kappa shape index (κ1) is 14.2. The molecule has 0 saturated heterocycles. The van der Waals surface area contributed by atoms with E-state index in [0.717, 1.165) is 5.56 Å². The number of carbonyl (C=O) groups excluding carboxylic acids is 2. The molecule has 0 unspecified atom stereocenters. The maximum Gasteiger partial charge on any atom is 0.320 e. The SMILES string of the molecule is COC(=O)CCNCC(=O)OCc1ccccc1. The molecule has 0 saturated carbocycles. The third-order valence-corrected chi connectivity index (χ3v) is 2.25. The van der Waals surface area contributed by atoms with Gasteiger partial charge in [0.15, 0.2) is 0 Å². The number of rotatable bonds is 7. The van der Waals surface area contributed by atoms with E-state index in [0.29, 0.717) is 6.54 Å². The van der Waals surface area contributed by atoms with Crippen molar-refractivity contribution in [3.05, 3.63) is 35.9 Å². The molecule has 0 heterocycles. The average Bonchev–Trinajstić information content (AvgIpc) is 2.42. The number of hydrogen-bond donors (Lipinski definition) is 1. The Morgan fingerprint density at radius 3 is 2.56 bits per heavy atom. The summed E-state index contributed by atoms with van der Waals surface area (Å²) < 4.78 is 9.51. The Hall–Kier alpha value is -1.88. The lowest BCUT2D eigenvalue weighted by Gasteiger charge is -2.06. The standard InChI is InChI=1S/C13H17NO4/c1-17-12(15)7-8-14-9-13(16)18-10-11-5-3-2-4-6-11/h2-6,14H,7-10H2,1H3. The van der Waals surface area contributed by atoms with Crippen molar-refractivity contribution < 1.29 is 19.1 Å². The van der Waals surface area contributed by atoms with E-state index < -0.39 is 0 Å². The fourth-order valence-electron chi connectivity index (χ4n) is 1.27. The summed E-state index contributed by atoms with van der Waals surface area (Å²) in [5, 5.41) is 2.81. The summed E-state index contributed by atoms with van der Waals surface area (Å²) in [6.07, 6.45) is 0.239. The highest BCUT2D eigenvalue weighted by molar-refractivity contribution is 5.72. The maximum absolute atomic E-state index is 11.3. The average molecular weight is 251 g/mol. The fraction of sp³-hybridized carbons (Fsp3) is 0.385. The smallest absolute Gasteiger partial charge is 0.320 e. The molecule has 0 spiro atoms. The normalized spacial score (nSPS) is 9.83. The summed E-state index contributed by atoms with van der Waals surface area (Å²) in [7, 11) is 1.33. The zero-order chi connectivity index (χ0) is 13.2. The van der Waals surface area contributed by atoms with Crippen molar-refractivity contribution in [1.82, 2.24) is 5.32 Å². The van der Waals surface area contributed by atoms with Crippen molar-refractivity contribution in [2.24, 2.45) is 0 Å². The van der Waals surface area contributed by atoms with Gasteiger partial charge in [-0.15, -0.1) is 0 Å². The molecule has 5 heteroatoms. The molecular formula is C13H17NO4. The first-order chi connectivity index (χ1) is 8.72. The van der Waals surface area contributed by atoms with Gasteiger partial charge in [0.05, 0.1) is 20.1 Å². The van der Waals surface area contributed by atoms with E-state index in [-0.39, 0.29) is 31.5 Å². The van der Waals surface area contributed by atoms with Crippen LogP contribution in [-0.2, 0) is 25.7 Å². The van der Waals surface area contributed by atoms with E-state index in [4.69, 9.17) is 4.74 Å². The summed E-state index contributed by atoms with van der Waals surface area (Å²) in [5.41, 5.74) is 0.945. The van der Waals surface area contributed by atoms with E-state index in [9.17, 15) is 9.59 Å². The van der Waals surface area contributed by atoms with Crippen LogP contribution in [0.4, 0.5) is 0 Å².